The summed E-state index contributed by atoms with van der Waals surface area (Å²) in [5.41, 5.74) is 3.14. The smallest absolute Gasteiger partial charge is 0.122 e. The summed E-state index contributed by atoms with van der Waals surface area (Å²) in [5.74, 6) is 0.747. The van der Waals surface area contributed by atoms with Crippen LogP contribution in [0.25, 0.3) is 0 Å². The van der Waals surface area contributed by atoms with E-state index in [1.54, 1.807) is 12.1 Å². The minimum Gasteiger partial charge on any atom is -0.508 e. The number of hydrogen-bond acceptors (Lipinski definition) is 2. The molecule has 1 aromatic carbocycles. The van der Waals surface area contributed by atoms with Crippen molar-refractivity contribution in [1.82, 2.24) is 0 Å². The van der Waals surface area contributed by atoms with E-state index in [-0.39, 0.29) is 0 Å². The van der Waals surface area contributed by atoms with E-state index in [1.807, 2.05) is 0 Å². The molecule has 0 spiro atoms. The first-order valence-corrected chi connectivity index (χ1v) is 10.5. The molecular formula is C23H36O2. The van der Waals surface area contributed by atoms with Crippen LogP contribution in [0.2, 0.25) is 0 Å². The Morgan fingerprint density at radius 1 is 0.840 bits per heavy atom. The Kier molecular flexibility index (Phi) is 5.65. The lowest BCUT2D eigenvalue weighted by Gasteiger charge is -2.14. The zero-order valence-electron chi connectivity index (χ0n) is 16.2. The standard InChI is InChI=1S/C23H36O2/c1-3-23(14-15-23)11-7-5-9-19-17-20(24)16-18(21(19)25)8-4-6-10-22(2)12-13-22/h16-17,24-25H,3-15H2,1-2H3. The van der Waals surface area contributed by atoms with Crippen LogP contribution in [0.4, 0.5) is 0 Å². The van der Waals surface area contributed by atoms with Gasteiger partial charge in [-0.1, -0.05) is 33.1 Å². The Hall–Kier alpha value is -1.18. The number of rotatable bonds is 11. The molecule has 2 fully saturated rings. The van der Waals surface area contributed by atoms with Crippen molar-refractivity contribution in [2.45, 2.75) is 97.3 Å². The molecular weight excluding hydrogens is 308 g/mol. The molecule has 2 heteroatoms. The van der Waals surface area contributed by atoms with Crippen molar-refractivity contribution in [3.8, 4) is 11.5 Å². The third-order valence-corrected chi connectivity index (χ3v) is 6.94. The molecule has 1 aromatic rings. The molecule has 3 rings (SSSR count). The summed E-state index contributed by atoms with van der Waals surface area (Å²) in [6.07, 6.45) is 15.9. The molecule has 2 N–H and O–H groups in total. The van der Waals surface area contributed by atoms with E-state index in [1.165, 1.54) is 57.8 Å². The van der Waals surface area contributed by atoms with Crippen LogP contribution in [0.5, 0.6) is 11.5 Å². The van der Waals surface area contributed by atoms with Gasteiger partial charge in [-0.3, -0.25) is 0 Å². The molecule has 0 aliphatic heterocycles. The number of unbranched alkanes of at least 4 members (excludes halogenated alkanes) is 2. The van der Waals surface area contributed by atoms with E-state index in [0.29, 0.717) is 22.3 Å². The summed E-state index contributed by atoms with van der Waals surface area (Å²) < 4.78 is 0. The molecule has 0 saturated heterocycles. The van der Waals surface area contributed by atoms with Crippen LogP contribution in [0.3, 0.4) is 0 Å². The molecule has 0 amide bonds. The summed E-state index contributed by atoms with van der Waals surface area (Å²) in [6.45, 7) is 4.69. The average Bonchev–Trinajstić information content (AvgIpc) is 3.50. The fourth-order valence-electron chi connectivity index (χ4n) is 4.23. The van der Waals surface area contributed by atoms with Crippen molar-refractivity contribution in [2.24, 2.45) is 10.8 Å². The number of benzene rings is 1. The van der Waals surface area contributed by atoms with Gasteiger partial charge in [0.25, 0.3) is 0 Å². The number of phenols is 2. The van der Waals surface area contributed by atoms with E-state index < -0.39 is 0 Å². The van der Waals surface area contributed by atoms with Gasteiger partial charge in [0.2, 0.25) is 0 Å². The van der Waals surface area contributed by atoms with Gasteiger partial charge in [0, 0.05) is 0 Å². The molecule has 0 heterocycles. The maximum atomic E-state index is 10.6. The van der Waals surface area contributed by atoms with Gasteiger partial charge in [0.05, 0.1) is 0 Å². The molecule has 2 nitrogen and oxygen atoms in total. The summed E-state index contributed by atoms with van der Waals surface area (Å²) in [6, 6.07) is 3.52. The van der Waals surface area contributed by atoms with E-state index in [0.717, 1.165) is 36.8 Å². The maximum Gasteiger partial charge on any atom is 0.122 e. The second-order valence-electron chi connectivity index (χ2n) is 9.19. The van der Waals surface area contributed by atoms with Crippen molar-refractivity contribution in [3.05, 3.63) is 23.3 Å². The molecule has 0 radical (unpaired) electrons. The minimum atomic E-state index is 0.309. The maximum absolute atomic E-state index is 10.6. The van der Waals surface area contributed by atoms with Gasteiger partial charge < -0.3 is 10.2 Å². The van der Waals surface area contributed by atoms with Gasteiger partial charge in [0.15, 0.2) is 0 Å². The van der Waals surface area contributed by atoms with Crippen molar-refractivity contribution in [1.29, 1.82) is 0 Å². The number of phenolic OH excluding ortho intramolecular Hbond substituents is 2. The predicted octanol–water partition coefficient (Wildman–Crippen LogP) is 6.51. The molecule has 0 atom stereocenters. The minimum absolute atomic E-state index is 0.309. The Balaban J connectivity index is 1.46. The number of aromatic hydroxyl groups is 2. The van der Waals surface area contributed by atoms with Crippen LogP contribution in [0, 0.1) is 10.8 Å². The van der Waals surface area contributed by atoms with Crippen LogP contribution < -0.4 is 0 Å². The Bertz CT molecular complexity index is 582. The molecule has 2 saturated carbocycles. The topological polar surface area (TPSA) is 40.5 Å². The molecule has 140 valence electrons. The third-order valence-electron chi connectivity index (χ3n) is 6.94. The zero-order valence-corrected chi connectivity index (χ0v) is 16.2. The van der Waals surface area contributed by atoms with E-state index >= 15 is 0 Å². The lowest BCUT2D eigenvalue weighted by Crippen LogP contribution is -1.99. The highest BCUT2D eigenvalue weighted by molar-refractivity contribution is 5.46. The quantitative estimate of drug-likeness (QED) is 0.354. The summed E-state index contributed by atoms with van der Waals surface area (Å²) >= 11 is 0. The molecule has 2 aliphatic rings. The Labute approximate surface area is 153 Å². The van der Waals surface area contributed by atoms with Crippen molar-refractivity contribution in [3.63, 3.8) is 0 Å². The number of hydrogen-bond donors (Lipinski definition) is 2. The molecule has 0 bridgehead atoms. The van der Waals surface area contributed by atoms with Crippen LogP contribution in [0.1, 0.15) is 95.6 Å². The average molecular weight is 345 g/mol. The third kappa shape index (κ3) is 5.15. The summed E-state index contributed by atoms with van der Waals surface area (Å²) in [4.78, 5) is 0. The molecule has 2 aliphatic carbocycles. The van der Waals surface area contributed by atoms with Gasteiger partial charge in [-0.25, -0.2) is 0 Å². The van der Waals surface area contributed by atoms with Gasteiger partial charge in [-0.15, -0.1) is 0 Å². The molecule has 0 unspecified atom stereocenters. The van der Waals surface area contributed by atoms with E-state index in [4.69, 9.17) is 0 Å². The fourth-order valence-corrected chi connectivity index (χ4v) is 4.23. The highest BCUT2D eigenvalue weighted by Gasteiger charge is 2.39. The van der Waals surface area contributed by atoms with Crippen LogP contribution in [0.15, 0.2) is 12.1 Å². The monoisotopic (exact) mass is 344 g/mol. The lowest BCUT2D eigenvalue weighted by atomic mass is 9.93. The Morgan fingerprint density at radius 2 is 1.40 bits per heavy atom. The van der Waals surface area contributed by atoms with Crippen LogP contribution in [-0.2, 0) is 12.8 Å². The van der Waals surface area contributed by atoms with Crippen molar-refractivity contribution in [2.75, 3.05) is 0 Å². The predicted molar refractivity (Wildman–Crippen MR) is 104 cm³/mol. The largest absolute Gasteiger partial charge is 0.508 e. The normalized spacial score (nSPS) is 19.8. The SMILES string of the molecule is CCC1(CCCCc2cc(O)cc(CCCCC3(C)CC3)c2O)CC1. The van der Waals surface area contributed by atoms with Crippen molar-refractivity contribution < 1.29 is 10.2 Å². The lowest BCUT2D eigenvalue weighted by molar-refractivity contribution is 0.420. The molecule has 25 heavy (non-hydrogen) atoms. The zero-order chi connectivity index (χ0) is 17.9. The van der Waals surface area contributed by atoms with Crippen molar-refractivity contribution >= 4 is 0 Å². The van der Waals surface area contributed by atoms with Gasteiger partial charge >= 0.3 is 0 Å². The first-order valence-electron chi connectivity index (χ1n) is 10.5. The van der Waals surface area contributed by atoms with Gasteiger partial charge in [-0.05, 0) is 98.3 Å². The second kappa shape index (κ2) is 7.60. The highest BCUT2D eigenvalue weighted by atomic mass is 16.3. The van der Waals surface area contributed by atoms with Gasteiger partial charge in [-0.2, -0.15) is 0 Å². The van der Waals surface area contributed by atoms with E-state index in [9.17, 15) is 10.2 Å². The number of aryl methyl sites for hydroxylation is 2. The first-order chi connectivity index (χ1) is 12.0. The van der Waals surface area contributed by atoms with Gasteiger partial charge in [0.1, 0.15) is 11.5 Å². The highest BCUT2D eigenvalue weighted by Crippen LogP contribution is 2.52. The second-order valence-corrected chi connectivity index (χ2v) is 9.19. The first kappa shape index (κ1) is 18.6. The summed E-state index contributed by atoms with van der Waals surface area (Å²) in [5, 5.41) is 20.6. The van der Waals surface area contributed by atoms with E-state index in [2.05, 4.69) is 13.8 Å². The van der Waals surface area contributed by atoms with Crippen LogP contribution >= 0.6 is 0 Å². The fraction of sp³-hybridized carbons (Fsp3) is 0.739. The summed E-state index contributed by atoms with van der Waals surface area (Å²) in [7, 11) is 0. The van der Waals surface area contributed by atoms with Crippen LogP contribution in [-0.4, -0.2) is 10.2 Å². The Morgan fingerprint density at radius 3 is 1.88 bits per heavy atom. The molecule has 0 aromatic heterocycles.